The molecular formula is C14H18ClNO2. The largest absolute Gasteiger partial charge is 0.481 e. The average molecular weight is 268 g/mol. The second-order valence-electron chi connectivity index (χ2n) is 4.99. The third kappa shape index (κ3) is 2.46. The van der Waals surface area contributed by atoms with Crippen LogP contribution >= 0.6 is 11.6 Å². The average Bonchev–Trinajstić information content (AvgIpc) is 2.44. The fraction of sp³-hybridized carbons (Fsp3) is 0.500. The Bertz CT molecular complexity index is 473. The SMILES string of the molecule is Cc1ccc(Cl)c2c1N(C)CCCC2CC(=O)O. The van der Waals surface area contributed by atoms with Gasteiger partial charge in [0.2, 0.25) is 0 Å². The van der Waals surface area contributed by atoms with Gasteiger partial charge >= 0.3 is 5.97 Å². The van der Waals surface area contributed by atoms with Crippen LogP contribution in [0.15, 0.2) is 12.1 Å². The number of aliphatic carboxylic acids is 1. The van der Waals surface area contributed by atoms with E-state index in [4.69, 9.17) is 16.7 Å². The van der Waals surface area contributed by atoms with E-state index in [9.17, 15) is 4.79 Å². The van der Waals surface area contributed by atoms with Crippen molar-refractivity contribution in [1.82, 2.24) is 0 Å². The summed E-state index contributed by atoms with van der Waals surface area (Å²) in [5.74, 6) is -0.733. The Morgan fingerprint density at radius 2 is 2.28 bits per heavy atom. The normalized spacial score (nSPS) is 19.3. The molecule has 0 amide bonds. The molecule has 0 spiro atoms. The van der Waals surface area contributed by atoms with Gasteiger partial charge in [-0.05, 0) is 42.9 Å². The molecule has 1 unspecified atom stereocenters. The molecule has 1 N–H and O–H groups in total. The van der Waals surface area contributed by atoms with Gasteiger partial charge in [0.1, 0.15) is 0 Å². The van der Waals surface area contributed by atoms with E-state index >= 15 is 0 Å². The lowest BCUT2D eigenvalue weighted by Crippen LogP contribution is -2.19. The predicted molar refractivity (Wildman–Crippen MR) is 73.7 cm³/mol. The molecule has 0 aliphatic carbocycles. The molecule has 0 bridgehead atoms. The molecule has 1 aliphatic rings. The summed E-state index contributed by atoms with van der Waals surface area (Å²) in [7, 11) is 2.05. The van der Waals surface area contributed by atoms with Crippen LogP contribution in [-0.2, 0) is 4.79 Å². The van der Waals surface area contributed by atoms with E-state index in [1.165, 1.54) is 0 Å². The number of carbonyl (C=O) groups is 1. The third-order valence-corrected chi connectivity index (χ3v) is 3.95. The summed E-state index contributed by atoms with van der Waals surface area (Å²) in [6, 6.07) is 3.88. The Labute approximate surface area is 112 Å². The maximum absolute atomic E-state index is 11.0. The smallest absolute Gasteiger partial charge is 0.303 e. The van der Waals surface area contributed by atoms with E-state index < -0.39 is 5.97 Å². The number of hydrogen-bond donors (Lipinski definition) is 1. The molecule has 1 aliphatic heterocycles. The lowest BCUT2D eigenvalue weighted by atomic mass is 9.90. The standard InChI is InChI=1S/C14H18ClNO2/c1-9-5-6-11(15)13-10(8-12(17)18)4-3-7-16(2)14(9)13/h5-6,10H,3-4,7-8H2,1-2H3,(H,17,18). The Kier molecular flexibility index (Phi) is 3.81. The summed E-state index contributed by atoms with van der Waals surface area (Å²) in [5, 5.41) is 9.74. The minimum atomic E-state index is -0.756. The number of nitrogens with zero attached hydrogens (tertiary/aromatic N) is 1. The van der Waals surface area contributed by atoms with Crippen molar-refractivity contribution in [3.05, 3.63) is 28.3 Å². The monoisotopic (exact) mass is 267 g/mol. The molecule has 1 heterocycles. The molecule has 3 nitrogen and oxygen atoms in total. The topological polar surface area (TPSA) is 40.5 Å². The number of carboxylic acids is 1. The number of anilines is 1. The molecular weight excluding hydrogens is 250 g/mol. The number of aryl methyl sites for hydroxylation is 1. The van der Waals surface area contributed by atoms with Gasteiger partial charge in [0.05, 0.1) is 6.42 Å². The molecule has 0 saturated carbocycles. The number of fused-ring (bicyclic) bond motifs is 1. The fourth-order valence-corrected chi connectivity index (χ4v) is 3.14. The van der Waals surface area contributed by atoms with Gasteiger partial charge in [0.25, 0.3) is 0 Å². The minimum Gasteiger partial charge on any atom is -0.481 e. The molecule has 0 fully saturated rings. The van der Waals surface area contributed by atoms with Crippen LogP contribution in [0.2, 0.25) is 5.02 Å². The highest BCUT2D eigenvalue weighted by Crippen LogP contribution is 2.42. The molecule has 0 radical (unpaired) electrons. The Balaban J connectivity index is 2.54. The van der Waals surface area contributed by atoms with Gasteiger partial charge in [-0.2, -0.15) is 0 Å². The molecule has 4 heteroatoms. The van der Waals surface area contributed by atoms with Crippen LogP contribution < -0.4 is 4.90 Å². The van der Waals surface area contributed by atoms with E-state index in [-0.39, 0.29) is 12.3 Å². The zero-order valence-corrected chi connectivity index (χ0v) is 11.5. The van der Waals surface area contributed by atoms with Crippen LogP contribution in [-0.4, -0.2) is 24.7 Å². The number of carboxylic acid groups (broad SMARTS) is 1. The van der Waals surface area contributed by atoms with Gasteiger partial charge in [-0.15, -0.1) is 0 Å². The fourth-order valence-electron chi connectivity index (χ4n) is 2.83. The van der Waals surface area contributed by atoms with Crippen molar-refractivity contribution in [3.63, 3.8) is 0 Å². The van der Waals surface area contributed by atoms with E-state index in [2.05, 4.69) is 11.8 Å². The van der Waals surface area contributed by atoms with Crippen LogP contribution in [0.1, 0.15) is 36.3 Å². The molecule has 98 valence electrons. The van der Waals surface area contributed by atoms with Gasteiger partial charge < -0.3 is 10.0 Å². The summed E-state index contributed by atoms with van der Waals surface area (Å²) < 4.78 is 0. The highest BCUT2D eigenvalue weighted by molar-refractivity contribution is 6.32. The first-order valence-electron chi connectivity index (χ1n) is 6.22. The van der Waals surface area contributed by atoms with Crippen molar-refractivity contribution < 1.29 is 9.90 Å². The van der Waals surface area contributed by atoms with Crippen LogP contribution in [0.4, 0.5) is 5.69 Å². The first-order valence-corrected chi connectivity index (χ1v) is 6.60. The number of benzene rings is 1. The number of hydrogen-bond acceptors (Lipinski definition) is 2. The summed E-state index contributed by atoms with van der Waals surface area (Å²) in [5.41, 5.74) is 3.29. The molecule has 1 aromatic rings. The minimum absolute atomic E-state index is 0.0230. The second kappa shape index (κ2) is 5.19. The highest BCUT2D eigenvalue weighted by atomic mass is 35.5. The van der Waals surface area contributed by atoms with Gasteiger partial charge in [0.15, 0.2) is 0 Å². The first kappa shape index (κ1) is 13.2. The van der Waals surface area contributed by atoms with E-state index in [0.29, 0.717) is 5.02 Å². The lowest BCUT2D eigenvalue weighted by Gasteiger charge is -2.24. The Morgan fingerprint density at radius 3 is 2.94 bits per heavy atom. The summed E-state index contributed by atoms with van der Waals surface area (Å²) >= 11 is 6.31. The van der Waals surface area contributed by atoms with Crippen molar-refractivity contribution in [2.24, 2.45) is 0 Å². The highest BCUT2D eigenvalue weighted by Gasteiger charge is 2.26. The summed E-state index contributed by atoms with van der Waals surface area (Å²) in [6.45, 7) is 3.00. The van der Waals surface area contributed by atoms with Crippen molar-refractivity contribution >= 4 is 23.3 Å². The first-order chi connectivity index (χ1) is 8.50. The number of halogens is 1. The second-order valence-corrected chi connectivity index (χ2v) is 5.39. The van der Waals surface area contributed by atoms with Crippen molar-refractivity contribution in [2.75, 3.05) is 18.5 Å². The van der Waals surface area contributed by atoms with Crippen molar-refractivity contribution in [3.8, 4) is 0 Å². The maximum atomic E-state index is 11.0. The zero-order valence-electron chi connectivity index (χ0n) is 10.7. The maximum Gasteiger partial charge on any atom is 0.303 e. The van der Waals surface area contributed by atoms with Crippen LogP contribution in [0.25, 0.3) is 0 Å². The summed E-state index contributed by atoms with van der Waals surface area (Å²) in [4.78, 5) is 13.2. The quantitative estimate of drug-likeness (QED) is 0.892. The van der Waals surface area contributed by atoms with E-state index in [1.807, 2.05) is 19.2 Å². The van der Waals surface area contributed by atoms with Gasteiger partial charge in [-0.1, -0.05) is 17.7 Å². The van der Waals surface area contributed by atoms with Crippen molar-refractivity contribution in [2.45, 2.75) is 32.1 Å². The van der Waals surface area contributed by atoms with Gasteiger partial charge in [-0.25, -0.2) is 0 Å². The van der Waals surface area contributed by atoms with Gasteiger partial charge in [-0.3, -0.25) is 4.79 Å². The predicted octanol–water partition coefficient (Wildman–Crippen LogP) is 3.44. The molecule has 1 atom stereocenters. The molecule has 18 heavy (non-hydrogen) atoms. The van der Waals surface area contributed by atoms with E-state index in [1.54, 1.807) is 0 Å². The van der Waals surface area contributed by atoms with Gasteiger partial charge in [0, 0.05) is 24.3 Å². The zero-order chi connectivity index (χ0) is 13.3. The molecule has 1 aromatic carbocycles. The lowest BCUT2D eigenvalue weighted by molar-refractivity contribution is -0.137. The molecule has 2 rings (SSSR count). The van der Waals surface area contributed by atoms with Crippen molar-refractivity contribution in [1.29, 1.82) is 0 Å². The Morgan fingerprint density at radius 1 is 1.56 bits per heavy atom. The Hall–Kier alpha value is -1.22. The number of rotatable bonds is 2. The molecule has 0 saturated heterocycles. The van der Waals surface area contributed by atoms with E-state index in [0.717, 1.165) is 36.2 Å². The van der Waals surface area contributed by atoms with Crippen LogP contribution in [0.3, 0.4) is 0 Å². The van der Waals surface area contributed by atoms with Crippen LogP contribution in [0.5, 0.6) is 0 Å². The third-order valence-electron chi connectivity index (χ3n) is 3.62. The summed E-state index contributed by atoms with van der Waals surface area (Å²) in [6.07, 6.45) is 2.04. The molecule has 0 aromatic heterocycles. The van der Waals surface area contributed by atoms with Crippen LogP contribution in [0, 0.1) is 6.92 Å².